The molecule has 1 saturated heterocycles. The predicted molar refractivity (Wildman–Crippen MR) is 69.8 cm³/mol. The van der Waals surface area contributed by atoms with Crippen LogP contribution in [0.5, 0.6) is 0 Å². The van der Waals surface area contributed by atoms with Crippen molar-refractivity contribution in [3.63, 3.8) is 0 Å². The van der Waals surface area contributed by atoms with Gasteiger partial charge in [-0.3, -0.25) is 4.79 Å². The Labute approximate surface area is 105 Å². The highest BCUT2D eigenvalue weighted by Gasteiger charge is 2.24. The second kappa shape index (κ2) is 6.39. The Bertz CT molecular complexity index is 247. The van der Waals surface area contributed by atoms with Crippen LogP contribution in [0.3, 0.4) is 0 Å². The monoisotopic (exact) mass is 238 g/mol. The number of carbonyl (C=O) groups is 1. The molecule has 1 aliphatic heterocycles. The summed E-state index contributed by atoms with van der Waals surface area (Å²) in [6.07, 6.45) is 9.48. The van der Waals surface area contributed by atoms with Gasteiger partial charge in [-0.25, -0.2) is 0 Å². The molecule has 1 saturated carbocycles. The third kappa shape index (κ3) is 3.98. The average molecular weight is 238 g/mol. The van der Waals surface area contributed by atoms with E-state index in [1.54, 1.807) is 0 Å². The number of hydrogen-bond acceptors (Lipinski definition) is 2. The van der Waals surface area contributed by atoms with E-state index in [4.69, 9.17) is 0 Å². The Kier molecular flexibility index (Phi) is 4.84. The quantitative estimate of drug-likeness (QED) is 0.724. The van der Waals surface area contributed by atoms with Gasteiger partial charge in [-0.1, -0.05) is 25.7 Å². The number of rotatable bonds is 2. The zero-order valence-electron chi connectivity index (χ0n) is 11.0. The highest BCUT2D eigenvalue weighted by atomic mass is 16.1. The van der Waals surface area contributed by atoms with Crippen molar-refractivity contribution in [1.82, 2.24) is 10.6 Å². The van der Waals surface area contributed by atoms with Crippen molar-refractivity contribution in [1.29, 1.82) is 0 Å². The van der Waals surface area contributed by atoms with Gasteiger partial charge in [0.1, 0.15) is 0 Å². The summed E-state index contributed by atoms with van der Waals surface area (Å²) in [4.78, 5) is 12.2. The molecular weight excluding hydrogens is 212 g/mol. The number of amides is 1. The van der Waals surface area contributed by atoms with Crippen LogP contribution in [0.2, 0.25) is 0 Å². The highest BCUT2D eigenvalue weighted by Crippen LogP contribution is 2.23. The molecule has 0 aromatic rings. The number of hydrogen-bond donors (Lipinski definition) is 2. The fourth-order valence-corrected chi connectivity index (χ4v) is 3.12. The van der Waals surface area contributed by atoms with Crippen LogP contribution < -0.4 is 10.6 Å². The number of nitrogens with one attached hydrogen (secondary N) is 2. The van der Waals surface area contributed by atoms with Crippen LogP contribution in [0.25, 0.3) is 0 Å². The van der Waals surface area contributed by atoms with Gasteiger partial charge in [0, 0.05) is 18.0 Å². The largest absolute Gasteiger partial charge is 0.353 e. The molecule has 0 spiro atoms. The van der Waals surface area contributed by atoms with Crippen molar-refractivity contribution in [2.45, 2.75) is 70.4 Å². The van der Waals surface area contributed by atoms with Gasteiger partial charge in [-0.05, 0) is 39.2 Å². The summed E-state index contributed by atoms with van der Waals surface area (Å²) < 4.78 is 0. The predicted octanol–water partition coefficient (Wildman–Crippen LogP) is 2.21. The minimum atomic E-state index is 0.294. The molecule has 98 valence electrons. The first-order valence-electron chi connectivity index (χ1n) is 7.29. The van der Waals surface area contributed by atoms with E-state index >= 15 is 0 Å². The van der Waals surface area contributed by atoms with Crippen LogP contribution in [-0.2, 0) is 4.79 Å². The molecule has 0 aromatic carbocycles. The summed E-state index contributed by atoms with van der Waals surface area (Å²) in [6.45, 7) is 3.24. The molecule has 3 heteroatoms. The molecule has 2 fully saturated rings. The zero-order valence-corrected chi connectivity index (χ0v) is 11.0. The first-order valence-corrected chi connectivity index (χ1v) is 7.29. The summed E-state index contributed by atoms with van der Waals surface area (Å²) in [5.74, 6) is 0.619. The van der Waals surface area contributed by atoms with Gasteiger partial charge in [-0.2, -0.15) is 0 Å². The van der Waals surface area contributed by atoms with E-state index in [-0.39, 0.29) is 0 Å². The lowest BCUT2D eigenvalue weighted by atomic mass is 9.96. The summed E-state index contributed by atoms with van der Waals surface area (Å²) in [6, 6.07) is 0.949. The molecule has 2 atom stereocenters. The van der Waals surface area contributed by atoms with Crippen LogP contribution in [0.4, 0.5) is 0 Å². The third-order valence-electron chi connectivity index (χ3n) is 4.20. The van der Waals surface area contributed by atoms with E-state index < -0.39 is 0 Å². The molecule has 1 heterocycles. The van der Waals surface area contributed by atoms with E-state index in [9.17, 15) is 4.79 Å². The van der Waals surface area contributed by atoms with Gasteiger partial charge >= 0.3 is 0 Å². The zero-order chi connectivity index (χ0) is 12.1. The highest BCUT2D eigenvalue weighted by molar-refractivity contribution is 5.78. The molecule has 0 bridgehead atoms. The fraction of sp³-hybridized carbons (Fsp3) is 0.929. The third-order valence-corrected chi connectivity index (χ3v) is 4.20. The van der Waals surface area contributed by atoms with Crippen molar-refractivity contribution in [3.05, 3.63) is 0 Å². The summed E-state index contributed by atoms with van der Waals surface area (Å²) in [5.41, 5.74) is 0. The molecule has 2 rings (SSSR count). The van der Waals surface area contributed by atoms with Gasteiger partial charge in [0.25, 0.3) is 0 Å². The first-order chi connectivity index (χ1) is 8.25. The molecule has 17 heavy (non-hydrogen) atoms. The molecule has 2 unspecified atom stereocenters. The second-order valence-electron chi connectivity index (χ2n) is 5.77. The summed E-state index contributed by atoms with van der Waals surface area (Å²) in [5, 5.41) is 6.69. The Hall–Kier alpha value is -0.570. The van der Waals surface area contributed by atoms with Gasteiger partial charge in [-0.15, -0.1) is 0 Å². The van der Waals surface area contributed by atoms with Crippen molar-refractivity contribution < 1.29 is 4.79 Å². The molecule has 1 amide bonds. The lowest BCUT2D eigenvalue weighted by Crippen LogP contribution is -2.48. The minimum absolute atomic E-state index is 0.294. The normalized spacial score (nSPS) is 31.8. The maximum atomic E-state index is 12.2. The maximum Gasteiger partial charge on any atom is 0.223 e. The van der Waals surface area contributed by atoms with Crippen LogP contribution >= 0.6 is 0 Å². The van der Waals surface area contributed by atoms with E-state index in [1.165, 1.54) is 25.7 Å². The fourth-order valence-electron chi connectivity index (χ4n) is 3.12. The van der Waals surface area contributed by atoms with Crippen LogP contribution in [-0.4, -0.2) is 24.5 Å². The topological polar surface area (TPSA) is 41.1 Å². The Morgan fingerprint density at radius 3 is 2.47 bits per heavy atom. The molecule has 0 radical (unpaired) electrons. The van der Waals surface area contributed by atoms with Crippen molar-refractivity contribution in [2.24, 2.45) is 5.92 Å². The molecule has 3 nitrogen and oxygen atoms in total. The van der Waals surface area contributed by atoms with E-state index in [1.807, 2.05) is 0 Å². The molecule has 0 aromatic heterocycles. The smallest absolute Gasteiger partial charge is 0.223 e. The molecule has 2 aliphatic rings. The van der Waals surface area contributed by atoms with Gasteiger partial charge in [0.15, 0.2) is 0 Å². The van der Waals surface area contributed by atoms with E-state index in [0.717, 1.165) is 32.2 Å². The van der Waals surface area contributed by atoms with Gasteiger partial charge in [0.2, 0.25) is 5.91 Å². The lowest BCUT2D eigenvalue weighted by molar-refractivity contribution is -0.126. The van der Waals surface area contributed by atoms with Crippen LogP contribution in [0.15, 0.2) is 0 Å². The second-order valence-corrected chi connectivity index (χ2v) is 5.77. The lowest BCUT2D eigenvalue weighted by Gasteiger charge is -2.29. The summed E-state index contributed by atoms with van der Waals surface area (Å²) >= 11 is 0. The SMILES string of the molecule is CC1CC(NC(=O)C2CCCCCC2)CCN1. The van der Waals surface area contributed by atoms with E-state index in [0.29, 0.717) is 23.9 Å². The Morgan fingerprint density at radius 2 is 1.82 bits per heavy atom. The van der Waals surface area contributed by atoms with Crippen molar-refractivity contribution >= 4 is 5.91 Å². The van der Waals surface area contributed by atoms with Gasteiger partial charge in [0.05, 0.1) is 0 Å². The first kappa shape index (κ1) is 12.9. The molecule has 2 N–H and O–H groups in total. The minimum Gasteiger partial charge on any atom is -0.353 e. The standard InChI is InChI=1S/C14H26N2O/c1-11-10-13(8-9-15-11)16-14(17)12-6-4-2-3-5-7-12/h11-13,15H,2-10H2,1H3,(H,16,17). The maximum absolute atomic E-state index is 12.2. The van der Waals surface area contributed by atoms with Crippen LogP contribution in [0.1, 0.15) is 58.3 Å². The van der Waals surface area contributed by atoms with Gasteiger partial charge < -0.3 is 10.6 Å². The number of piperidine rings is 1. The summed E-state index contributed by atoms with van der Waals surface area (Å²) in [7, 11) is 0. The van der Waals surface area contributed by atoms with Crippen molar-refractivity contribution in [3.8, 4) is 0 Å². The molecule has 1 aliphatic carbocycles. The average Bonchev–Trinajstić information content (AvgIpc) is 2.57. The Morgan fingerprint density at radius 1 is 1.12 bits per heavy atom. The molecular formula is C14H26N2O. The van der Waals surface area contributed by atoms with Crippen molar-refractivity contribution in [2.75, 3.05) is 6.54 Å². The van der Waals surface area contributed by atoms with Crippen LogP contribution in [0, 0.1) is 5.92 Å². The van der Waals surface area contributed by atoms with E-state index in [2.05, 4.69) is 17.6 Å². The Balaban J connectivity index is 1.78. The number of carbonyl (C=O) groups excluding carboxylic acids is 1.